The normalized spacial score (nSPS) is 15.6. The van der Waals surface area contributed by atoms with Crippen LogP contribution in [-0.4, -0.2) is 39.7 Å². The Hall–Kier alpha value is -1.96. The Labute approximate surface area is 136 Å². The van der Waals surface area contributed by atoms with E-state index in [0.29, 0.717) is 13.2 Å². The SMILES string of the molecule is O=S(=O)(NCc1ccncc1)c1ccc(N2CCOCC2)cc1. The Morgan fingerprint density at radius 3 is 2.35 bits per heavy atom. The number of rotatable bonds is 5. The van der Waals surface area contributed by atoms with Crippen molar-refractivity contribution in [3.63, 3.8) is 0 Å². The van der Waals surface area contributed by atoms with Crippen LogP contribution >= 0.6 is 0 Å². The van der Waals surface area contributed by atoms with Crippen LogP contribution in [0.3, 0.4) is 0 Å². The monoisotopic (exact) mass is 333 g/mol. The Morgan fingerprint density at radius 2 is 1.70 bits per heavy atom. The van der Waals surface area contributed by atoms with Gasteiger partial charge in [-0.05, 0) is 42.0 Å². The molecule has 1 saturated heterocycles. The van der Waals surface area contributed by atoms with Gasteiger partial charge < -0.3 is 9.64 Å². The van der Waals surface area contributed by atoms with Crippen LogP contribution in [0.2, 0.25) is 0 Å². The largest absolute Gasteiger partial charge is 0.378 e. The highest BCUT2D eigenvalue weighted by atomic mass is 32.2. The van der Waals surface area contributed by atoms with E-state index in [-0.39, 0.29) is 11.4 Å². The first kappa shape index (κ1) is 15.9. The Morgan fingerprint density at radius 1 is 1.04 bits per heavy atom. The highest BCUT2D eigenvalue weighted by Crippen LogP contribution is 2.19. The molecule has 1 N–H and O–H groups in total. The molecule has 3 rings (SSSR count). The molecule has 0 spiro atoms. The molecule has 7 heteroatoms. The fourth-order valence-electron chi connectivity index (χ4n) is 2.42. The van der Waals surface area contributed by atoms with Crippen molar-refractivity contribution in [2.75, 3.05) is 31.2 Å². The van der Waals surface area contributed by atoms with Crippen LogP contribution < -0.4 is 9.62 Å². The van der Waals surface area contributed by atoms with Gasteiger partial charge in [-0.3, -0.25) is 4.98 Å². The zero-order valence-electron chi connectivity index (χ0n) is 12.7. The molecular formula is C16H19N3O3S. The van der Waals surface area contributed by atoms with Crippen molar-refractivity contribution in [3.8, 4) is 0 Å². The van der Waals surface area contributed by atoms with E-state index in [9.17, 15) is 8.42 Å². The van der Waals surface area contributed by atoms with E-state index >= 15 is 0 Å². The van der Waals surface area contributed by atoms with E-state index in [0.717, 1.165) is 24.3 Å². The van der Waals surface area contributed by atoms with Crippen LogP contribution in [0.5, 0.6) is 0 Å². The topological polar surface area (TPSA) is 71.5 Å². The summed E-state index contributed by atoms with van der Waals surface area (Å²) < 4.78 is 32.6. The van der Waals surface area contributed by atoms with Gasteiger partial charge in [-0.15, -0.1) is 0 Å². The first-order chi connectivity index (χ1) is 11.1. The molecule has 1 aromatic heterocycles. The van der Waals surface area contributed by atoms with Gasteiger partial charge in [-0.25, -0.2) is 13.1 Å². The molecule has 1 fully saturated rings. The van der Waals surface area contributed by atoms with Crippen molar-refractivity contribution in [2.24, 2.45) is 0 Å². The second-order valence-corrected chi connectivity index (χ2v) is 7.04. The maximum Gasteiger partial charge on any atom is 0.240 e. The number of sulfonamides is 1. The fraction of sp³-hybridized carbons (Fsp3) is 0.312. The standard InChI is InChI=1S/C16H19N3O3S/c20-23(21,18-13-14-5-7-17-8-6-14)16-3-1-15(2-4-16)19-9-11-22-12-10-19/h1-8,18H,9-13H2. The highest BCUT2D eigenvalue weighted by molar-refractivity contribution is 7.89. The lowest BCUT2D eigenvalue weighted by atomic mass is 10.2. The average molecular weight is 333 g/mol. The van der Waals surface area contributed by atoms with E-state index < -0.39 is 10.0 Å². The van der Waals surface area contributed by atoms with E-state index in [1.165, 1.54) is 0 Å². The van der Waals surface area contributed by atoms with Crippen LogP contribution in [-0.2, 0) is 21.3 Å². The fourth-order valence-corrected chi connectivity index (χ4v) is 3.44. The molecule has 2 aromatic rings. The van der Waals surface area contributed by atoms with Gasteiger partial charge in [-0.2, -0.15) is 0 Å². The first-order valence-corrected chi connectivity index (χ1v) is 8.95. The van der Waals surface area contributed by atoms with Crippen molar-refractivity contribution < 1.29 is 13.2 Å². The summed E-state index contributed by atoms with van der Waals surface area (Å²) in [5.74, 6) is 0. The van der Waals surface area contributed by atoms with Gasteiger partial charge in [0.05, 0.1) is 18.1 Å². The van der Waals surface area contributed by atoms with E-state index in [1.807, 2.05) is 12.1 Å². The minimum atomic E-state index is -3.52. The lowest BCUT2D eigenvalue weighted by molar-refractivity contribution is 0.122. The molecule has 0 aliphatic carbocycles. The van der Waals surface area contributed by atoms with Gasteiger partial charge in [0.2, 0.25) is 10.0 Å². The van der Waals surface area contributed by atoms with E-state index in [1.54, 1.807) is 36.7 Å². The van der Waals surface area contributed by atoms with Gasteiger partial charge in [0.25, 0.3) is 0 Å². The van der Waals surface area contributed by atoms with Crippen LogP contribution in [0.25, 0.3) is 0 Å². The number of hydrogen-bond acceptors (Lipinski definition) is 5. The van der Waals surface area contributed by atoms with Crippen molar-refractivity contribution in [1.82, 2.24) is 9.71 Å². The van der Waals surface area contributed by atoms with Crippen LogP contribution in [0.1, 0.15) is 5.56 Å². The van der Waals surface area contributed by atoms with Crippen molar-refractivity contribution in [1.29, 1.82) is 0 Å². The third-order valence-electron chi connectivity index (χ3n) is 3.74. The summed E-state index contributed by atoms with van der Waals surface area (Å²) in [5, 5.41) is 0. The number of pyridine rings is 1. The Bertz CT molecular complexity index is 727. The molecule has 0 saturated carbocycles. The summed E-state index contributed by atoms with van der Waals surface area (Å²) in [6.07, 6.45) is 3.28. The number of nitrogens with one attached hydrogen (secondary N) is 1. The number of aromatic nitrogens is 1. The lowest BCUT2D eigenvalue weighted by Gasteiger charge is -2.28. The molecule has 2 heterocycles. The van der Waals surface area contributed by atoms with Crippen molar-refractivity contribution in [3.05, 3.63) is 54.4 Å². The summed E-state index contributed by atoms with van der Waals surface area (Å²) >= 11 is 0. The quantitative estimate of drug-likeness (QED) is 0.895. The predicted octanol–water partition coefficient (Wildman–Crippen LogP) is 1.40. The van der Waals surface area contributed by atoms with E-state index in [4.69, 9.17) is 4.74 Å². The Kier molecular flexibility index (Phi) is 4.90. The average Bonchev–Trinajstić information content (AvgIpc) is 2.62. The maximum absolute atomic E-state index is 12.3. The van der Waals surface area contributed by atoms with Crippen LogP contribution in [0, 0.1) is 0 Å². The van der Waals surface area contributed by atoms with Crippen LogP contribution in [0.4, 0.5) is 5.69 Å². The number of hydrogen-bond donors (Lipinski definition) is 1. The molecule has 1 aliphatic rings. The summed E-state index contributed by atoms with van der Waals surface area (Å²) in [6.45, 7) is 3.30. The summed E-state index contributed by atoms with van der Waals surface area (Å²) in [5.41, 5.74) is 1.88. The number of anilines is 1. The minimum Gasteiger partial charge on any atom is -0.378 e. The summed E-state index contributed by atoms with van der Waals surface area (Å²) in [6, 6.07) is 10.5. The predicted molar refractivity (Wildman–Crippen MR) is 87.7 cm³/mol. The van der Waals surface area contributed by atoms with Gasteiger partial charge in [0.1, 0.15) is 0 Å². The molecule has 0 amide bonds. The molecule has 0 atom stereocenters. The van der Waals surface area contributed by atoms with Gasteiger partial charge >= 0.3 is 0 Å². The zero-order chi connectivity index (χ0) is 16.1. The number of morpholine rings is 1. The molecule has 0 radical (unpaired) electrons. The van der Waals surface area contributed by atoms with E-state index in [2.05, 4.69) is 14.6 Å². The highest BCUT2D eigenvalue weighted by Gasteiger charge is 2.15. The second-order valence-electron chi connectivity index (χ2n) is 5.27. The second kappa shape index (κ2) is 7.08. The molecule has 1 aliphatic heterocycles. The molecule has 0 unspecified atom stereocenters. The smallest absolute Gasteiger partial charge is 0.240 e. The Balaban J connectivity index is 1.67. The molecular weight excluding hydrogens is 314 g/mol. The van der Waals surface area contributed by atoms with Gasteiger partial charge in [0.15, 0.2) is 0 Å². The third kappa shape index (κ3) is 4.07. The molecule has 6 nitrogen and oxygen atoms in total. The maximum atomic E-state index is 12.3. The molecule has 23 heavy (non-hydrogen) atoms. The summed E-state index contributed by atoms with van der Waals surface area (Å²) in [4.78, 5) is 6.36. The number of ether oxygens (including phenoxy) is 1. The van der Waals surface area contributed by atoms with Gasteiger partial charge in [-0.1, -0.05) is 0 Å². The molecule has 0 bridgehead atoms. The number of benzene rings is 1. The molecule has 122 valence electrons. The zero-order valence-corrected chi connectivity index (χ0v) is 13.5. The summed E-state index contributed by atoms with van der Waals surface area (Å²) in [7, 11) is -3.52. The number of nitrogens with zero attached hydrogens (tertiary/aromatic N) is 2. The lowest BCUT2D eigenvalue weighted by Crippen LogP contribution is -2.36. The first-order valence-electron chi connectivity index (χ1n) is 7.46. The van der Waals surface area contributed by atoms with Crippen LogP contribution in [0.15, 0.2) is 53.7 Å². The van der Waals surface area contributed by atoms with Crippen molar-refractivity contribution >= 4 is 15.7 Å². The van der Waals surface area contributed by atoms with Crippen molar-refractivity contribution in [2.45, 2.75) is 11.4 Å². The van der Waals surface area contributed by atoms with Gasteiger partial charge in [0, 0.05) is 37.7 Å². The molecule has 1 aromatic carbocycles. The minimum absolute atomic E-state index is 0.246. The third-order valence-corrected chi connectivity index (χ3v) is 5.16.